The first-order valence-corrected chi connectivity index (χ1v) is 9.89. The molecule has 0 unspecified atom stereocenters. The molecule has 0 atom stereocenters. The highest BCUT2D eigenvalue weighted by molar-refractivity contribution is 5.85. The van der Waals surface area contributed by atoms with Crippen LogP contribution in [0.5, 0.6) is 0 Å². The number of benzene rings is 2. The number of allylic oxidation sites excluding steroid dienone is 1. The van der Waals surface area contributed by atoms with Gasteiger partial charge in [0.05, 0.1) is 0 Å². The average molecular weight is 333 g/mol. The van der Waals surface area contributed by atoms with Gasteiger partial charge in [0, 0.05) is 0 Å². The number of hydrogen-bond acceptors (Lipinski definition) is 0. The molecule has 132 valence electrons. The van der Waals surface area contributed by atoms with E-state index in [2.05, 4.69) is 77.1 Å². The molecule has 1 aliphatic rings. The first kappa shape index (κ1) is 18.0. The van der Waals surface area contributed by atoms with Crippen LogP contribution in [-0.2, 0) is 18.3 Å². The van der Waals surface area contributed by atoms with E-state index in [0.29, 0.717) is 0 Å². The van der Waals surface area contributed by atoms with Gasteiger partial charge in [-0.15, -0.1) is 0 Å². The second-order valence-electron chi connectivity index (χ2n) is 8.40. The van der Waals surface area contributed by atoms with Crippen LogP contribution in [0.4, 0.5) is 0 Å². The molecule has 0 amide bonds. The third-order valence-corrected chi connectivity index (χ3v) is 5.43. The van der Waals surface area contributed by atoms with E-state index in [4.69, 9.17) is 0 Å². The standard InChI is InChI=1S/C25H32/c1-6-8-11-18-16-20-14-15-23(25(3,4)5)24(22(20)17-18)21-13-10-9-12-19(21)7-2/h9-10,12-15,17H,6-8,11,16H2,1-5H3. The Morgan fingerprint density at radius 1 is 0.960 bits per heavy atom. The summed E-state index contributed by atoms with van der Waals surface area (Å²) in [5.74, 6) is 0. The number of hydrogen-bond donors (Lipinski definition) is 0. The van der Waals surface area contributed by atoms with Gasteiger partial charge in [-0.1, -0.05) is 89.1 Å². The fourth-order valence-corrected chi connectivity index (χ4v) is 4.03. The quantitative estimate of drug-likeness (QED) is 0.537. The van der Waals surface area contributed by atoms with Gasteiger partial charge in [0.1, 0.15) is 0 Å². The van der Waals surface area contributed by atoms with Gasteiger partial charge in [0.2, 0.25) is 0 Å². The van der Waals surface area contributed by atoms with E-state index in [9.17, 15) is 0 Å². The maximum atomic E-state index is 2.50. The first-order valence-electron chi connectivity index (χ1n) is 9.89. The normalized spacial score (nSPS) is 13.7. The Morgan fingerprint density at radius 2 is 1.72 bits per heavy atom. The molecular formula is C25H32. The maximum absolute atomic E-state index is 2.50. The van der Waals surface area contributed by atoms with E-state index < -0.39 is 0 Å². The molecule has 0 saturated carbocycles. The summed E-state index contributed by atoms with van der Waals surface area (Å²) in [7, 11) is 0. The first-order chi connectivity index (χ1) is 12.0. The molecule has 0 bridgehead atoms. The van der Waals surface area contributed by atoms with Gasteiger partial charge in [-0.3, -0.25) is 0 Å². The molecule has 0 saturated heterocycles. The Morgan fingerprint density at radius 3 is 2.40 bits per heavy atom. The fraction of sp³-hybridized carbons (Fsp3) is 0.440. The van der Waals surface area contributed by atoms with Gasteiger partial charge in [0.15, 0.2) is 0 Å². The molecule has 2 aromatic rings. The number of aryl methyl sites for hydroxylation is 1. The lowest BCUT2D eigenvalue weighted by Crippen LogP contribution is -2.14. The highest BCUT2D eigenvalue weighted by Gasteiger charge is 2.25. The monoisotopic (exact) mass is 332 g/mol. The van der Waals surface area contributed by atoms with Gasteiger partial charge in [-0.05, 0) is 64.5 Å². The molecule has 1 aliphatic carbocycles. The summed E-state index contributed by atoms with van der Waals surface area (Å²) in [6.45, 7) is 11.6. The van der Waals surface area contributed by atoms with Crippen LogP contribution in [0, 0.1) is 0 Å². The van der Waals surface area contributed by atoms with Crippen molar-refractivity contribution in [3.05, 3.63) is 64.2 Å². The lowest BCUT2D eigenvalue weighted by atomic mass is 9.78. The summed E-state index contributed by atoms with van der Waals surface area (Å²) >= 11 is 0. The van der Waals surface area contributed by atoms with Crippen LogP contribution in [0.1, 0.15) is 76.1 Å². The number of fused-ring (bicyclic) bond motifs is 1. The Balaban J connectivity index is 2.22. The van der Waals surface area contributed by atoms with E-state index in [1.165, 1.54) is 52.6 Å². The number of unbranched alkanes of at least 4 members (excludes halogenated alkanes) is 1. The minimum absolute atomic E-state index is 0.144. The van der Waals surface area contributed by atoms with Crippen LogP contribution in [0.3, 0.4) is 0 Å². The topological polar surface area (TPSA) is 0 Å². The highest BCUT2D eigenvalue weighted by atomic mass is 14.3. The van der Waals surface area contributed by atoms with Crippen molar-refractivity contribution >= 4 is 6.08 Å². The smallest absolute Gasteiger partial charge is 0.00576 e. The van der Waals surface area contributed by atoms with Crippen molar-refractivity contribution in [2.75, 3.05) is 0 Å². The molecule has 0 nitrogen and oxygen atoms in total. The van der Waals surface area contributed by atoms with Crippen LogP contribution >= 0.6 is 0 Å². The summed E-state index contributed by atoms with van der Waals surface area (Å²) in [6, 6.07) is 13.7. The van der Waals surface area contributed by atoms with Crippen LogP contribution in [0.15, 0.2) is 42.0 Å². The molecule has 0 fully saturated rings. The van der Waals surface area contributed by atoms with Crippen LogP contribution < -0.4 is 0 Å². The van der Waals surface area contributed by atoms with Gasteiger partial charge >= 0.3 is 0 Å². The lowest BCUT2D eigenvalue weighted by molar-refractivity contribution is 0.591. The van der Waals surface area contributed by atoms with Crippen molar-refractivity contribution < 1.29 is 0 Å². The van der Waals surface area contributed by atoms with Crippen LogP contribution in [-0.4, -0.2) is 0 Å². The highest BCUT2D eigenvalue weighted by Crippen LogP contribution is 2.43. The molecule has 0 heteroatoms. The van der Waals surface area contributed by atoms with Crippen LogP contribution in [0.2, 0.25) is 0 Å². The number of rotatable bonds is 5. The fourth-order valence-electron chi connectivity index (χ4n) is 4.03. The molecule has 0 heterocycles. The van der Waals surface area contributed by atoms with Crippen molar-refractivity contribution in [3.8, 4) is 11.1 Å². The Labute approximate surface area is 154 Å². The van der Waals surface area contributed by atoms with Crippen molar-refractivity contribution in [1.82, 2.24) is 0 Å². The summed E-state index contributed by atoms with van der Waals surface area (Å²) in [5.41, 5.74) is 10.6. The molecule has 0 N–H and O–H groups in total. The zero-order chi connectivity index (χ0) is 18.0. The summed E-state index contributed by atoms with van der Waals surface area (Å²) in [4.78, 5) is 0. The van der Waals surface area contributed by atoms with Crippen LogP contribution in [0.25, 0.3) is 17.2 Å². The van der Waals surface area contributed by atoms with Gasteiger partial charge in [-0.25, -0.2) is 0 Å². The van der Waals surface area contributed by atoms with Gasteiger partial charge in [0.25, 0.3) is 0 Å². The molecule has 0 aromatic heterocycles. The largest absolute Gasteiger partial charge is 0.0654 e. The zero-order valence-corrected chi connectivity index (χ0v) is 16.6. The second-order valence-corrected chi connectivity index (χ2v) is 8.40. The summed E-state index contributed by atoms with van der Waals surface area (Å²) < 4.78 is 0. The molecule has 0 aliphatic heterocycles. The molecular weight excluding hydrogens is 300 g/mol. The molecule has 0 radical (unpaired) electrons. The SMILES string of the molecule is CCCCC1=Cc2c(ccc(C(C)(C)C)c2-c2ccccc2CC)C1. The molecule has 0 spiro atoms. The van der Waals surface area contributed by atoms with Crippen molar-refractivity contribution in [2.45, 2.75) is 72.1 Å². The van der Waals surface area contributed by atoms with Gasteiger partial charge < -0.3 is 0 Å². The van der Waals surface area contributed by atoms with E-state index in [0.717, 1.165) is 12.8 Å². The molecule has 25 heavy (non-hydrogen) atoms. The molecule has 2 aromatic carbocycles. The third-order valence-electron chi connectivity index (χ3n) is 5.43. The Bertz CT molecular complexity index is 784. The summed E-state index contributed by atoms with van der Waals surface area (Å²) in [6.07, 6.45) is 8.53. The van der Waals surface area contributed by atoms with E-state index in [1.807, 2.05) is 0 Å². The lowest BCUT2D eigenvalue weighted by Gasteiger charge is -2.26. The van der Waals surface area contributed by atoms with Crippen molar-refractivity contribution in [3.63, 3.8) is 0 Å². The average Bonchev–Trinajstić information content (AvgIpc) is 3.01. The Kier molecular flexibility index (Phi) is 5.18. The maximum Gasteiger partial charge on any atom is -0.00576 e. The predicted octanol–water partition coefficient (Wildman–Crippen LogP) is 7.34. The zero-order valence-electron chi connectivity index (χ0n) is 16.6. The van der Waals surface area contributed by atoms with Crippen molar-refractivity contribution in [1.29, 1.82) is 0 Å². The van der Waals surface area contributed by atoms with Gasteiger partial charge in [-0.2, -0.15) is 0 Å². The third kappa shape index (κ3) is 3.59. The van der Waals surface area contributed by atoms with Crippen molar-refractivity contribution in [2.24, 2.45) is 0 Å². The molecule has 3 rings (SSSR count). The summed E-state index contributed by atoms with van der Waals surface area (Å²) in [5, 5.41) is 0. The van der Waals surface area contributed by atoms with E-state index >= 15 is 0 Å². The minimum Gasteiger partial charge on any atom is -0.0654 e. The van der Waals surface area contributed by atoms with E-state index in [1.54, 1.807) is 5.57 Å². The Hall–Kier alpha value is -1.82. The predicted molar refractivity (Wildman–Crippen MR) is 111 cm³/mol. The minimum atomic E-state index is 0.144. The second kappa shape index (κ2) is 7.20. The van der Waals surface area contributed by atoms with E-state index in [-0.39, 0.29) is 5.41 Å².